The first-order chi connectivity index (χ1) is 13.4. The van der Waals surface area contributed by atoms with Crippen molar-refractivity contribution in [3.05, 3.63) is 64.7 Å². The molecule has 1 heterocycles. The van der Waals surface area contributed by atoms with Crippen LogP contribution in [0.1, 0.15) is 30.5 Å². The number of carbonyl (C=O) groups excluding carboxylic acids is 2. The molecule has 0 aliphatic carbocycles. The van der Waals surface area contributed by atoms with E-state index in [1.165, 1.54) is 16.8 Å². The molecule has 2 aromatic rings. The molecule has 3 rings (SSSR count). The number of halogens is 1. The van der Waals surface area contributed by atoms with E-state index < -0.39 is 0 Å². The molecular formula is C21H22ClN3O3. The van der Waals surface area contributed by atoms with Gasteiger partial charge >= 0.3 is 0 Å². The van der Waals surface area contributed by atoms with Gasteiger partial charge in [-0.05, 0) is 47.5 Å². The maximum Gasteiger partial charge on any atom is 0.262 e. The lowest BCUT2D eigenvalue weighted by Gasteiger charge is -2.24. The van der Waals surface area contributed by atoms with E-state index in [1.807, 2.05) is 36.4 Å². The molecule has 1 aliphatic rings. The molecule has 6 nitrogen and oxygen atoms in total. The summed E-state index contributed by atoms with van der Waals surface area (Å²) in [6.45, 7) is 1.40. The van der Waals surface area contributed by atoms with Crippen molar-refractivity contribution in [2.75, 3.05) is 20.7 Å². The number of benzene rings is 2. The molecular weight excluding hydrogens is 378 g/mol. The summed E-state index contributed by atoms with van der Waals surface area (Å²) in [4.78, 5) is 25.8. The van der Waals surface area contributed by atoms with Crippen LogP contribution >= 0.6 is 11.6 Å². The van der Waals surface area contributed by atoms with Gasteiger partial charge in [0.1, 0.15) is 12.3 Å². The van der Waals surface area contributed by atoms with Crippen LogP contribution in [0, 0.1) is 0 Å². The van der Waals surface area contributed by atoms with Gasteiger partial charge in [0.15, 0.2) is 0 Å². The maximum atomic E-state index is 12.9. The molecule has 0 aromatic heterocycles. The Morgan fingerprint density at radius 3 is 2.39 bits per heavy atom. The summed E-state index contributed by atoms with van der Waals surface area (Å²) in [5, 5.41) is 6.70. The Balaban J connectivity index is 1.91. The average Bonchev–Trinajstić information content (AvgIpc) is 3.14. The highest BCUT2D eigenvalue weighted by atomic mass is 35.5. The van der Waals surface area contributed by atoms with Crippen molar-refractivity contribution in [1.29, 1.82) is 0 Å². The quantitative estimate of drug-likeness (QED) is 0.773. The van der Waals surface area contributed by atoms with Crippen LogP contribution in [0.5, 0.6) is 5.75 Å². The standard InChI is InChI=1S/C21H22ClN3O3/c1-14(26)24(2)13-21(27)25-20(16-4-8-17(22)9-5-16)12-19(23-25)15-6-10-18(28-3)11-7-15/h4-11,20H,12-13H2,1-3H3. The second-order valence-corrected chi connectivity index (χ2v) is 7.10. The first-order valence-corrected chi connectivity index (χ1v) is 9.28. The third-order valence-corrected chi connectivity index (χ3v) is 5.01. The molecule has 146 valence electrons. The largest absolute Gasteiger partial charge is 0.497 e. The molecule has 2 aromatic carbocycles. The molecule has 0 spiro atoms. The zero-order chi connectivity index (χ0) is 20.3. The molecule has 1 unspecified atom stereocenters. The lowest BCUT2D eigenvalue weighted by molar-refractivity contribution is -0.139. The van der Waals surface area contributed by atoms with Crippen molar-refractivity contribution in [3.63, 3.8) is 0 Å². The highest BCUT2D eigenvalue weighted by Crippen LogP contribution is 2.33. The third kappa shape index (κ3) is 4.34. The molecule has 0 fully saturated rings. The Morgan fingerprint density at radius 2 is 1.82 bits per heavy atom. The van der Waals surface area contributed by atoms with Crippen LogP contribution in [0.25, 0.3) is 0 Å². The topological polar surface area (TPSA) is 62.2 Å². The number of nitrogens with zero attached hydrogens (tertiary/aromatic N) is 3. The van der Waals surface area contributed by atoms with Gasteiger partial charge in [-0.1, -0.05) is 23.7 Å². The summed E-state index contributed by atoms with van der Waals surface area (Å²) in [5.41, 5.74) is 2.67. The molecule has 0 saturated carbocycles. The SMILES string of the molecule is COc1ccc(C2=NN(C(=O)CN(C)C(C)=O)C(c3ccc(Cl)cc3)C2)cc1. The van der Waals surface area contributed by atoms with Crippen molar-refractivity contribution in [2.45, 2.75) is 19.4 Å². The number of ether oxygens (including phenoxy) is 1. The van der Waals surface area contributed by atoms with Gasteiger partial charge in [0.05, 0.1) is 18.9 Å². The van der Waals surface area contributed by atoms with Crippen molar-refractivity contribution in [3.8, 4) is 5.75 Å². The van der Waals surface area contributed by atoms with Crippen LogP contribution in [0.2, 0.25) is 5.02 Å². The van der Waals surface area contributed by atoms with E-state index >= 15 is 0 Å². The van der Waals surface area contributed by atoms with Gasteiger partial charge in [0.2, 0.25) is 5.91 Å². The summed E-state index contributed by atoms with van der Waals surface area (Å²) < 4.78 is 5.20. The summed E-state index contributed by atoms with van der Waals surface area (Å²) in [5.74, 6) is 0.351. The molecule has 0 bridgehead atoms. The minimum atomic E-state index is -0.248. The summed E-state index contributed by atoms with van der Waals surface area (Å²) in [6, 6.07) is 14.7. The van der Waals surface area contributed by atoms with E-state index in [1.54, 1.807) is 26.3 Å². The van der Waals surface area contributed by atoms with Crippen LogP contribution in [-0.2, 0) is 9.59 Å². The van der Waals surface area contributed by atoms with Crippen LogP contribution in [0.3, 0.4) is 0 Å². The van der Waals surface area contributed by atoms with Gasteiger partial charge in [0.25, 0.3) is 5.91 Å². The van der Waals surface area contributed by atoms with E-state index in [0.717, 1.165) is 22.6 Å². The molecule has 7 heteroatoms. The Labute approximate surface area is 169 Å². The number of carbonyl (C=O) groups is 2. The highest BCUT2D eigenvalue weighted by molar-refractivity contribution is 6.30. The van der Waals surface area contributed by atoms with E-state index in [9.17, 15) is 9.59 Å². The predicted molar refractivity (Wildman–Crippen MR) is 108 cm³/mol. The molecule has 1 atom stereocenters. The number of hydrogen-bond donors (Lipinski definition) is 0. The predicted octanol–water partition coefficient (Wildman–Crippen LogP) is 3.50. The fraction of sp³-hybridized carbons (Fsp3) is 0.286. The number of hydrazone groups is 1. The van der Waals surface area contributed by atoms with Gasteiger partial charge in [-0.15, -0.1) is 0 Å². The molecule has 0 N–H and O–H groups in total. The molecule has 2 amide bonds. The Morgan fingerprint density at radius 1 is 1.18 bits per heavy atom. The Bertz CT molecular complexity index is 894. The summed E-state index contributed by atoms with van der Waals surface area (Å²) in [7, 11) is 3.21. The van der Waals surface area contributed by atoms with E-state index in [4.69, 9.17) is 16.3 Å². The maximum absolute atomic E-state index is 12.9. The van der Waals surface area contributed by atoms with Gasteiger partial charge in [0, 0.05) is 25.4 Å². The van der Waals surface area contributed by atoms with E-state index in [0.29, 0.717) is 11.4 Å². The Kier molecular flexibility index (Phi) is 5.99. The van der Waals surface area contributed by atoms with Crippen molar-refractivity contribution >= 4 is 29.1 Å². The number of likely N-dealkylation sites (N-methyl/N-ethyl adjacent to an activating group) is 1. The van der Waals surface area contributed by atoms with E-state index in [-0.39, 0.29) is 24.4 Å². The van der Waals surface area contributed by atoms with Gasteiger partial charge in [-0.2, -0.15) is 5.10 Å². The zero-order valence-corrected chi connectivity index (χ0v) is 16.8. The summed E-state index contributed by atoms with van der Waals surface area (Å²) in [6.07, 6.45) is 0.573. The van der Waals surface area contributed by atoms with E-state index in [2.05, 4.69) is 5.10 Å². The molecule has 1 aliphatic heterocycles. The molecule has 0 saturated heterocycles. The first-order valence-electron chi connectivity index (χ1n) is 8.90. The van der Waals surface area contributed by atoms with Crippen LogP contribution in [0.4, 0.5) is 0 Å². The number of amides is 2. The second-order valence-electron chi connectivity index (χ2n) is 6.66. The second kappa shape index (κ2) is 8.44. The van der Waals surface area contributed by atoms with Gasteiger partial charge < -0.3 is 9.64 Å². The van der Waals surface area contributed by atoms with Gasteiger partial charge in [-0.3, -0.25) is 9.59 Å². The number of methoxy groups -OCH3 is 1. The summed E-state index contributed by atoms with van der Waals surface area (Å²) >= 11 is 6.01. The van der Waals surface area contributed by atoms with Crippen LogP contribution in [-0.4, -0.2) is 48.1 Å². The third-order valence-electron chi connectivity index (χ3n) is 4.75. The van der Waals surface area contributed by atoms with Gasteiger partial charge in [-0.25, -0.2) is 5.01 Å². The van der Waals surface area contributed by atoms with Crippen LogP contribution < -0.4 is 4.74 Å². The zero-order valence-electron chi connectivity index (χ0n) is 16.1. The fourth-order valence-electron chi connectivity index (χ4n) is 3.03. The van der Waals surface area contributed by atoms with Crippen molar-refractivity contribution < 1.29 is 14.3 Å². The van der Waals surface area contributed by atoms with Crippen molar-refractivity contribution in [1.82, 2.24) is 9.91 Å². The van der Waals surface area contributed by atoms with Crippen molar-refractivity contribution in [2.24, 2.45) is 5.10 Å². The monoisotopic (exact) mass is 399 g/mol. The minimum Gasteiger partial charge on any atom is -0.497 e. The normalized spacial score (nSPS) is 15.9. The molecule has 28 heavy (non-hydrogen) atoms. The highest BCUT2D eigenvalue weighted by Gasteiger charge is 2.33. The smallest absolute Gasteiger partial charge is 0.262 e. The lowest BCUT2D eigenvalue weighted by Crippen LogP contribution is -2.38. The lowest BCUT2D eigenvalue weighted by atomic mass is 9.98. The molecule has 0 radical (unpaired) electrons. The van der Waals surface area contributed by atoms with Crippen LogP contribution in [0.15, 0.2) is 53.6 Å². The minimum absolute atomic E-state index is 0.0290. The first kappa shape index (κ1) is 19.9. The average molecular weight is 400 g/mol. The Hall–Kier alpha value is -2.86. The number of rotatable bonds is 5. The number of hydrogen-bond acceptors (Lipinski definition) is 4. The fourth-order valence-corrected chi connectivity index (χ4v) is 3.16.